The van der Waals surface area contributed by atoms with Gasteiger partial charge < -0.3 is 0 Å². The standard InChI is InChI=1S/C27H21F5/c28-26(29)14-16-1-9-22-19(13-16)5-11-25-23-10-4-18(15-20(23)6-12-24(22)25)17-2-7-21(8-3-17)27(30,31)32/h2-4,6-8,10-13,15,19,26H,1,5,9,14H2/t19-/m1/s1. The van der Waals surface area contributed by atoms with Crippen LogP contribution in [0.1, 0.15) is 31.2 Å². The van der Waals surface area contributed by atoms with E-state index in [1.807, 2.05) is 30.3 Å². The summed E-state index contributed by atoms with van der Waals surface area (Å²) in [6, 6.07) is 15.3. The van der Waals surface area contributed by atoms with Gasteiger partial charge in [-0.25, -0.2) is 8.78 Å². The second-order valence-electron chi connectivity index (χ2n) is 8.53. The summed E-state index contributed by atoms with van der Waals surface area (Å²) in [5, 5.41) is 4.48. The topological polar surface area (TPSA) is 0 Å². The lowest BCUT2D eigenvalue weighted by atomic mass is 9.78. The quantitative estimate of drug-likeness (QED) is 0.309. The van der Waals surface area contributed by atoms with Gasteiger partial charge in [0.25, 0.3) is 0 Å². The van der Waals surface area contributed by atoms with Crippen LogP contribution in [0.2, 0.25) is 0 Å². The Bertz CT molecular complexity index is 1330. The molecule has 0 N–H and O–H groups in total. The third-order valence-electron chi connectivity index (χ3n) is 6.55. The number of alkyl halides is 5. The fraction of sp³-hybridized carbons (Fsp3) is 0.259. The molecule has 0 spiro atoms. The minimum absolute atomic E-state index is 0.138. The van der Waals surface area contributed by atoms with Crippen LogP contribution in [0, 0.1) is 5.92 Å². The zero-order valence-corrected chi connectivity index (χ0v) is 17.2. The average Bonchev–Trinajstić information content (AvgIpc) is 2.77. The van der Waals surface area contributed by atoms with Crippen molar-refractivity contribution in [1.82, 2.24) is 0 Å². The first-order valence-corrected chi connectivity index (χ1v) is 10.7. The minimum Gasteiger partial charge on any atom is -0.210 e. The van der Waals surface area contributed by atoms with Crippen LogP contribution in [0.25, 0.3) is 33.5 Å². The lowest BCUT2D eigenvalue weighted by Gasteiger charge is -2.27. The molecule has 1 atom stereocenters. The Morgan fingerprint density at radius 2 is 1.62 bits per heavy atom. The van der Waals surface area contributed by atoms with Crippen molar-refractivity contribution in [2.24, 2.45) is 5.92 Å². The Morgan fingerprint density at radius 1 is 0.875 bits per heavy atom. The van der Waals surface area contributed by atoms with Crippen LogP contribution >= 0.6 is 0 Å². The molecule has 3 aromatic rings. The Labute approximate surface area is 182 Å². The third-order valence-corrected chi connectivity index (χ3v) is 6.55. The SMILES string of the molecule is FC(F)CC1=C[C@H]2CC=c3c(ccc4cc(-c5ccc(C(F)(F)F)cc5)ccc34)=C2CC1. The summed E-state index contributed by atoms with van der Waals surface area (Å²) in [6.07, 6.45) is -0.282. The molecule has 3 aromatic carbocycles. The molecule has 0 saturated heterocycles. The zero-order valence-electron chi connectivity index (χ0n) is 17.2. The second-order valence-corrected chi connectivity index (χ2v) is 8.53. The molecule has 0 nitrogen and oxygen atoms in total. The van der Waals surface area contributed by atoms with Gasteiger partial charge in [-0.3, -0.25) is 0 Å². The lowest BCUT2D eigenvalue weighted by molar-refractivity contribution is -0.137. The van der Waals surface area contributed by atoms with E-state index in [1.165, 1.54) is 28.1 Å². The van der Waals surface area contributed by atoms with Crippen molar-refractivity contribution >= 4 is 22.4 Å². The predicted octanol–water partition coefficient (Wildman–Crippen LogP) is 6.85. The van der Waals surface area contributed by atoms with Gasteiger partial charge in [0.2, 0.25) is 6.43 Å². The van der Waals surface area contributed by atoms with Crippen molar-refractivity contribution in [2.75, 3.05) is 0 Å². The Morgan fingerprint density at radius 3 is 2.34 bits per heavy atom. The van der Waals surface area contributed by atoms with E-state index in [-0.39, 0.29) is 12.3 Å². The van der Waals surface area contributed by atoms with Crippen LogP contribution in [-0.2, 0) is 6.18 Å². The van der Waals surface area contributed by atoms with Crippen molar-refractivity contribution in [3.63, 3.8) is 0 Å². The maximum Gasteiger partial charge on any atom is 0.416 e. The predicted molar refractivity (Wildman–Crippen MR) is 118 cm³/mol. The molecule has 0 bridgehead atoms. The van der Waals surface area contributed by atoms with Crippen molar-refractivity contribution < 1.29 is 22.0 Å². The number of fused-ring (bicyclic) bond motifs is 4. The van der Waals surface area contributed by atoms with E-state index >= 15 is 0 Å². The summed E-state index contributed by atoms with van der Waals surface area (Å²) in [4.78, 5) is 0. The highest BCUT2D eigenvalue weighted by Crippen LogP contribution is 2.35. The average molecular weight is 440 g/mol. The molecule has 2 aliphatic carbocycles. The normalized spacial score (nSPS) is 18.2. The molecule has 0 fully saturated rings. The molecule has 0 aliphatic heterocycles. The molecule has 0 radical (unpaired) electrons. The Kier molecular flexibility index (Phi) is 5.15. The molecule has 2 aliphatic rings. The largest absolute Gasteiger partial charge is 0.416 e. The van der Waals surface area contributed by atoms with Gasteiger partial charge in [-0.1, -0.05) is 59.7 Å². The number of hydrogen-bond acceptors (Lipinski definition) is 0. The number of halogens is 5. The molecule has 5 rings (SSSR count). The number of benzene rings is 3. The number of hydrogen-bond donors (Lipinski definition) is 0. The summed E-state index contributed by atoms with van der Waals surface area (Å²) >= 11 is 0. The summed E-state index contributed by atoms with van der Waals surface area (Å²) in [6.45, 7) is 0. The molecular formula is C27H21F5. The summed E-state index contributed by atoms with van der Waals surface area (Å²) in [7, 11) is 0. The van der Waals surface area contributed by atoms with Gasteiger partial charge in [-0.2, -0.15) is 13.2 Å². The van der Waals surface area contributed by atoms with Crippen molar-refractivity contribution in [1.29, 1.82) is 0 Å². The highest BCUT2D eigenvalue weighted by molar-refractivity contribution is 5.89. The molecule has 32 heavy (non-hydrogen) atoms. The minimum atomic E-state index is -4.35. The van der Waals surface area contributed by atoms with Crippen molar-refractivity contribution in [2.45, 2.75) is 38.3 Å². The smallest absolute Gasteiger partial charge is 0.210 e. The molecular weight excluding hydrogens is 419 g/mol. The van der Waals surface area contributed by atoms with Gasteiger partial charge in [0, 0.05) is 12.3 Å². The van der Waals surface area contributed by atoms with E-state index in [1.54, 1.807) is 0 Å². The maximum absolute atomic E-state index is 12.8. The van der Waals surface area contributed by atoms with E-state index in [0.717, 1.165) is 52.4 Å². The highest BCUT2D eigenvalue weighted by Gasteiger charge is 2.30. The van der Waals surface area contributed by atoms with Gasteiger partial charge in [-0.05, 0) is 69.8 Å². The molecule has 0 unspecified atom stereocenters. The monoisotopic (exact) mass is 440 g/mol. The molecule has 0 saturated carbocycles. The van der Waals surface area contributed by atoms with E-state index in [2.05, 4.69) is 12.1 Å². The van der Waals surface area contributed by atoms with Crippen LogP contribution in [0.5, 0.6) is 0 Å². The van der Waals surface area contributed by atoms with Crippen molar-refractivity contribution in [3.8, 4) is 11.1 Å². The number of rotatable bonds is 3. The van der Waals surface area contributed by atoms with E-state index in [0.29, 0.717) is 6.42 Å². The van der Waals surface area contributed by atoms with Crippen molar-refractivity contribution in [3.05, 3.63) is 82.2 Å². The summed E-state index contributed by atoms with van der Waals surface area (Å²) in [5.41, 5.74) is 3.11. The summed E-state index contributed by atoms with van der Waals surface area (Å²) in [5.74, 6) is 0.189. The Hall–Kier alpha value is -2.95. The van der Waals surface area contributed by atoms with Gasteiger partial charge >= 0.3 is 6.18 Å². The van der Waals surface area contributed by atoms with Crippen LogP contribution in [0.3, 0.4) is 0 Å². The first-order chi connectivity index (χ1) is 15.3. The zero-order chi connectivity index (χ0) is 22.5. The Balaban J connectivity index is 1.53. The maximum atomic E-state index is 12.8. The third kappa shape index (κ3) is 3.85. The number of allylic oxidation sites excluding steroid dienone is 2. The molecule has 0 heterocycles. The van der Waals surface area contributed by atoms with Crippen LogP contribution < -0.4 is 10.4 Å². The van der Waals surface area contributed by atoms with Gasteiger partial charge in [0.15, 0.2) is 0 Å². The van der Waals surface area contributed by atoms with Gasteiger partial charge in [-0.15, -0.1) is 0 Å². The van der Waals surface area contributed by atoms with Crippen LogP contribution in [-0.4, -0.2) is 6.43 Å². The first kappa shape index (κ1) is 20.9. The van der Waals surface area contributed by atoms with Gasteiger partial charge in [0.1, 0.15) is 0 Å². The van der Waals surface area contributed by atoms with E-state index < -0.39 is 18.2 Å². The van der Waals surface area contributed by atoms with Crippen LogP contribution in [0.4, 0.5) is 22.0 Å². The fourth-order valence-electron chi connectivity index (χ4n) is 4.99. The summed E-state index contributed by atoms with van der Waals surface area (Å²) < 4.78 is 64.1. The highest BCUT2D eigenvalue weighted by atomic mass is 19.4. The molecule has 164 valence electrons. The molecule has 5 heteroatoms. The molecule has 0 aromatic heterocycles. The van der Waals surface area contributed by atoms with Gasteiger partial charge in [0.05, 0.1) is 5.56 Å². The van der Waals surface area contributed by atoms with E-state index in [4.69, 9.17) is 0 Å². The second kappa shape index (κ2) is 7.88. The fourth-order valence-corrected chi connectivity index (χ4v) is 4.99. The molecule has 0 amide bonds. The lowest BCUT2D eigenvalue weighted by Crippen LogP contribution is -2.34. The van der Waals surface area contributed by atoms with E-state index in [9.17, 15) is 22.0 Å². The van der Waals surface area contributed by atoms with Crippen LogP contribution in [0.15, 0.2) is 66.2 Å². The first-order valence-electron chi connectivity index (χ1n) is 10.7.